The van der Waals surface area contributed by atoms with E-state index in [0.717, 1.165) is 6.07 Å². The molecule has 0 saturated heterocycles. The number of hydrogen-bond donors (Lipinski definition) is 2. The summed E-state index contributed by atoms with van der Waals surface area (Å²) in [6.45, 7) is 3.47. The van der Waals surface area contributed by atoms with Gasteiger partial charge in [-0.15, -0.1) is 0 Å². The minimum atomic E-state index is -4.40. The highest BCUT2D eigenvalue weighted by Gasteiger charge is 2.44. The average Bonchev–Trinajstić information content (AvgIpc) is 3.29. The van der Waals surface area contributed by atoms with Gasteiger partial charge in [-0.05, 0) is 24.5 Å². The lowest BCUT2D eigenvalue weighted by molar-refractivity contribution is -0.138. The molecule has 0 aliphatic heterocycles. The van der Waals surface area contributed by atoms with Crippen LogP contribution in [-0.2, 0) is 15.8 Å². The Morgan fingerprint density at radius 1 is 1.29 bits per heavy atom. The highest BCUT2D eigenvalue weighted by Crippen LogP contribution is 2.46. The molecule has 4 nitrogen and oxygen atoms in total. The van der Waals surface area contributed by atoms with Crippen LogP contribution in [0.1, 0.15) is 43.7 Å². The van der Waals surface area contributed by atoms with E-state index in [2.05, 4.69) is 10.6 Å². The first kappa shape index (κ1) is 18.3. The lowest BCUT2D eigenvalue weighted by Crippen LogP contribution is -2.40. The largest absolute Gasteiger partial charge is 0.416 e. The Bertz CT molecular complexity index is 616. The maximum atomic E-state index is 13.0. The number of carbonyl (C=O) groups is 2. The molecule has 1 saturated carbocycles. The third kappa shape index (κ3) is 4.49. The molecule has 0 unspecified atom stereocenters. The molecule has 1 fully saturated rings. The Hall–Kier alpha value is -2.05. The van der Waals surface area contributed by atoms with E-state index in [4.69, 9.17) is 0 Å². The maximum absolute atomic E-state index is 13.0. The Morgan fingerprint density at radius 3 is 2.58 bits per heavy atom. The second-order valence-electron chi connectivity index (χ2n) is 6.13. The number of hydrogen-bond acceptors (Lipinski definition) is 2. The van der Waals surface area contributed by atoms with Gasteiger partial charge in [0.25, 0.3) is 0 Å². The van der Waals surface area contributed by atoms with E-state index in [-0.39, 0.29) is 41.8 Å². The summed E-state index contributed by atoms with van der Waals surface area (Å²) in [6.07, 6.45) is -3.26. The summed E-state index contributed by atoms with van der Waals surface area (Å²) >= 11 is 0. The fourth-order valence-electron chi connectivity index (χ4n) is 2.56. The second kappa shape index (κ2) is 7.23. The maximum Gasteiger partial charge on any atom is 0.416 e. The number of benzene rings is 1. The van der Waals surface area contributed by atoms with Gasteiger partial charge in [-0.25, -0.2) is 0 Å². The lowest BCUT2D eigenvalue weighted by atomic mass is 10.0. The van der Waals surface area contributed by atoms with E-state index in [9.17, 15) is 22.8 Å². The number of nitrogens with one attached hydrogen (secondary N) is 2. The molecule has 132 valence electrons. The topological polar surface area (TPSA) is 58.2 Å². The van der Waals surface area contributed by atoms with Crippen LogP contribution in [-0.4, -0.2) is 24.4 Å². The average molecular weight is 342 g/mol. The lowest BCUT2D eigenvalue weighted by Gasteiger charge is -2.13. The first-order valence-corrected chi connectivity index (χ1v) is 7.97. The standard InChI is InChI=1S/C17H21F3N2O2/c1-3-10(2)16(24)21-9-15(23)22-14-8-12(14)11-6-4-5-7-13(11)17(18,19)20/h4-7,10,12,14H,3,8-9H2,1-2H3,(H,21,24)(H,22,23)/t10-,12+,14+/m0/s1. The fourth-order valence-corrected chi connectivity index (χ4v) is 2.56. The van der Waals surface area contributed by atoms with Crippen LogP contribution in [0.4, 0.5) is 13.2 Å². The first-order valence-electron chi connectivity index (χ1n) is 7.97. The molecule has 2 amide bonds. The molecule has 1 aromatic carbocycles. The highest BCUT2D eigenvalue weighted by atomic mass is 19.4. The summed E-state index contributed by atoms with van der Waals surface area (Å²) in [4.78, 5) is 23.4. The molecule has 24 heavy (non-hydrogen) atoms. The van der Waals surface area contributed by atoms with Crippen LogP contribution < -0.4 is 10.6 Å². The Morgan fingerprint density at radius 2 is 1.96 bits per heavy atom. The summed E-state index contributed by atoms with van der Waals surface area (Å²) in [7, 11) is 0. The molecule has 0 spiro atoms. The van der Waals surface area contributed by atoms with Crippen LogP contribution in [0.5, 0.6) is 0 Å². The van der Waals surface area contributed by atoms with Crippen LogP contribution in [0.15, 0.2) is 24.3 Å². The van der Waals surface area contributed by atoms with Crippen LogP contribution in [0.25, 0.3) is 0 Å². The monoisotopic (exact) mass is 342 g/mol. The van der Waals surface area contributed by atoms with E-state index < -0.39 is 11.7 Å². The summed E-state index contributed by atoms with van der Waals surface area (Å²) in [6, 6.07) is 5.10. The molecule has 2 N–H and O–H groups in total. The fraction of sp³-hybridized carbons (Fsp3) is 0.529. The van der Waals surface area contributed by atoms with Crippen LogP contribution >= 0.6 is 0 Å². The minimum Gasteiger partial charge on any atom is -0.351 e. The molecule has 1 aliphatic rings. The smallest absolute Gasteiger partial charge is 0.351 e. The predicted molar refractivity (Wildman–Crippen MR) is 83.2 cm³/mol. The number of amides is 2. The highest BCUT2D eigenvalue weighted by molar-refractivity contribution is 5.86. The Labute approximate surface area is 138 Å². The molecule has 3 atom stereocenters. The Balaban J connectivity index is 1.88. The van der Waals surface area contributed by atoms with Crippen molar-refractivity contribution >= 4 is 11.8 Å². The molecule has 0 aromatic heterocycles. The van der Waals surface area contributed by atoms with Gasteiger partial charge in [0.15, 0.2) is 0 Å². The Kier molecular flexibility index (Phi) is 5.51. The van der Waals surface area contributed by atoms with Crippen LogP contribution in [0.2, 0.25) is 0 Å². The van der Waals surface area contributed by atoms with Gasteiger partial charge >= 0.3 is 6.18 Å². The summed E-state index contributed by atoms with van der Waals surface area (Å²) in [5.41, 5.74) is -0.448. The van der Waals surface area contributed by atoms with Crippen molar-refractivity contribution in [2.75, 3.05) is 6.54 Å². The zero-order chi connectivity index (χ0) is 17.9. The molecule has 1 aliphatic carbocycles. The van der Waals surface area contributed by atoms with Crippen molar-refractivity contribution in [2.45, 2.75) is 44.8 Å². The van der Waals surface area contributed by atoms with E-state index in [1.807, 2.05) is 6.92 Å². The SMILES string of the molecule is CC[C@H](C)C(=O)NCC(=O)N[C@@H]1C[C@@H]1c1ccccc1C(F)(F)F. The number of halogens is 3. The number of rotatable bonds is 6. The van der Waals surface area contributed by atoms with Gasteiger partial charge in [0.1, 0.15) is 0 Å². The minimum absolute atomic E-state index is 0.159. The molecular weight excluding hydrogens is 321 g/mol. The van der Waals surface area contributed by atoms with Crippen molar-refractivity contribution in [1.82, 2.24) is 10.6 Å². The third-order valence-electron chi connectivity index (χ3n) is 4.29. The predicted octanol–water partition coefficient (Wildman–Crippen LogP) is 2.84. The molecule has 0 bridgehead atoms. The van der Waals surface area contributed by atoms with Crippen molar-refractivity contribution in [3.63, 3.8) is 0 Å². The third-order valence-corrected chi connectivity index (χ3v) is 4.29. The van der Waals surface area contributed by atoms with Gasteiger partial charge in [-0.3, -0.25) is 9.59 Å². The van der Waals surface area contributed by atoms with Crippen molar-refractivity contribution in [1.29, 1.82) is 0 Å². The van der Waals surface area contributed by atoms with Crippen molar-refractivity contribution in [2.24, 2.45) is 5.92 Å². The van der Waals surface area contributed by atoms with Crippen molar-refractivity contribution in [3.8, 4) is 0 Å². The summed E-state index contributed by atoms with van der Waals surface area (Å²) < 4.78 is 39.0. The van der Waals surface area contributed by atoms with Gasteiger partial charge in [0, 0.05) is 17.9 Å². The normalized spacial score (nSPS) is 21.0. The number of carbonyl (C=O) groups excluding carboxylic acids is 2. The van der Waals surface area contributed by atoms with Crippen molar-refractivity contribution < 1.29 is 22.8 Å². The van der Waals surface area contributed by atoms with Crippen molar-refractivity contribution in [3.05, 3.63) is 35.4 Å². The van der Waals surface area contributed by atoms with E-state index >= 15 is 0 Å². The first-order chi connectivity index (χ1) is 11.2. The molecule has 2 rings (SSSR count). The quantitative estimate of drug-likeness (QED) is 0.835. The number of alkyl halides is 3. The summed E-state index contributed by atoms with van der Waals surface area (Å²) in [5.74, 6) is -1.10. The van der Waals surface area contributed by atoms with Gasteiger partial charge in [0.2, 0.25) is 11.8 Å². The summed E-state index contributed by atoms with van der Waals surface area (Å²) in [5, 5.41) is 5.20. The van der Waals surface area contributed by atoms with E-state index in [0.29, 0.717) is 12.8 Å². The van der Waals surface area contributed by atoms with Gasteiger partial charge in [0.05, 0.1) is 12.1 Å². The molecule has 0 heterocycles. The van der Waals surface area contributed by atoms with E-state index in [1.54, 1.807) is 13.0 Å². The van der Waals surface area contributed by atoms with E-state index in [1.165, 1.54) is 12.1 Å². The molecular formula is C17H21F3N2O2. The second-order valence-corrected chi connectivity index (χ2v) is 6.13. The van der Waals surface area contributed by atoms with Gasteiger partial charge in [-0.2, -0.15) is 13.2 Å². The molecule has 0 radical (unpaired) electrons. The molecule has 1 aromatic rings. The van der Waals surface area contributed by atoms with Gasteiger partial charge in [-0.1, -0.05) is 32.0 Å². The zero-order valence-corrected chi connectivity index (χ0v) is 13.6. The van der Waals surface area contributed by atoms with Crippen LogP contribution in [0, 0.1) is 5.92 Å². The molecule has 7 heteroatoms. The van der Waals surface area contributed by atoms with Gasteiger partial charge < -0.3 is 10.6 Å². The van der Waals surface area contributed by atoms with Crippen LogP contribution in [0.3, 0.4) is 0 Å². The zero-order valence-electron chi connectivity index (χ0n) is 13.6.